The van der Waals surface area contributed by atoms with Gasteiger partial charge in [0.15, 0.2) is 5.69 Å². The highest BCUT2D eigenvalue weighted by Crippen LogP contribution is 2.25. The van der Waals surface area contributed by atoms with Crippen molar-refractivity contribution in [3.63, 3.8) is 0 Å². The van der Waals surface area contributed by atoms with Crippen molar-refractivity contribution in [3.8, 4) is 0 Å². The van der Waals surface area contributed by atoms with Crippen LogP contribution in [0.25, 0.3) is 21.7 Å². The van der Waals surface area contributed by atoms with E-state index in [9.17, 15) is 9.59 Å². The number of hydrogen-bond donors (Lipinski definition) is 1. The Morgan fingerprint density at radius 1 is 1.00 bits per heavy atom. The van der Waals surface area contributed by atoms with Gasteiger partial charge in [-0.25, -0.2) is 4.68 Å². The zero-order valence-electron chi connectivity index (χ0n) is 15.9. The van der Waals surface area contributed by atoms with Crippen molar-refractivity contribution in [2.45, 2.75) is 26.8 Å². The maximum absolute atomic E-state index is 13.1. The lowest BCUT2D eigenvalue weighted by Gasteiger charge is -2.14. The van der Waals surface area contributed by atoms with Crippen molar-refractivity contribution in [2.75, 3.05) is 5.32 Å². The van der Waals surface area contributed by atoms with Crippen molar-refractivity contribution >= 4 is 33.3 Å². The van der Waals surface area contributed by atoms with Crippen LogP contribution in [-0.4, -0.2) is 20.7 Å². The molecule has 0 unspecified atom stereocenters. The predicted octanol–water partition coefficient (Wildman–Crippen LogP) is 4.09. The van der Waals surface area contributed by atoms with Gasteiger partial charge in [0, 0.05) is 17.0 Å². The van der Waals surface area contributed by atoms with Gasteiger partial charge in [0.05, 0.1) is 22.6 Å². The van der Waals surface area contributed by atoms with E-state index in [-0.39, 0.29) is 23.2 Å². The van der Waals surface area contributed by atoms with Crippen LogP contribution in [0.15, 0.2) is 59.5 Å². The van der Waals surface area contributed by atoms with Gasteiger partial charge in [-0.1, -0.05) is 24.3 Å². The molecule has 140 valence electrons. The fraction of sp³-hybridized carbons (Fsp3) is 0.182. The Morgan fingerprint density at radius 3 is 2.46 bits per heavy atom. The van der Waals surface area contributed by atoms with Crippen LogP contribution < -0.4 is 10.9 Å². The van der Waals surface area contributed by atoms with Gasteiger partial charge in [0.25, 0.3) is 11.5 Å². The van der Waals surface area contributed by atoms with E-state index >= 15 is 0 Å². The quantitative estimate of drug-likeness (QED) is 0.588. The number of hydrogen-bond acceptors (Lipinski definition) is 4. The number of nitrogens with zero attached hydrogens (tertiary/aromatic N) is 3. The molecule has 2 aromatic carbocycles. The maximum Gasteiger partial charge on any atom is 0.276 e. The molecule has 0 radical (unpaired) electrons. The van der Waals surface area contributed by atoms with Crippen molar-refractivity contribution in [2.24, 2.45) is 0 Å². The smallest absolute Gasteiger partial charge is 0.276 e. The summed E-state index contributed by atoms with van der Waals surface area (Å²) >= 11 is 0. The average Bonchev–Trinajstić information content (AvgIpc) is 2.70. The number of aromatic nitrogens is 3. The molecule has 2 aromatic heterocycles. The topological polar surface area (TPSA) is 76.9 Å². The van der Waals surface area contributed by atoms with Crippen LogP contribution in [0.3, 0.4) is 0 Å². The van der Waals surface area contributed by atoms with E-state index in [1.54, 1.807) is 30.5 Å². The van der Waals surface area contributed by atoms with Gasteiger partial charge in [-0.05, 0) is 50.6 Å². The van der Waals surface area contributed by atoms with Crippen LogP contribution in [0.4, 0.5) is 5.69 Å². The third-order valence-electron chi connectivity index (χ3n) is 4.75. The van der Waals surface area contributed by atoms with E-state index in [2.05, 4.69) is 15.4 Å². The number of carbonyl (C=O) groups is 1. The molecule has 0 atom stereocenters. The molecule has 6 heteroatoms. The summed E-state index contributed by atoms with van der Waals surface area (Å²) in [5.74, 6) is -0.361. The van der Waals surface area contributed by atoms with E-state index in [1.165, 1.54) is 4.68 Å². The highest BCUT2D eigenvalue weighted by Gasteiger charge is 2.18. The SMILES string of the molecule is Cc1ccc(NC(=O)c2nn(C(C)C)c(=O)c3ccccc23)c2cccnc12. The van der Waals surface area contributed by atoms with Crippen LogP contribution in [0.2, 0.25) is 0 Å². The van der Waals surface area contributed by atoms with E-state index < -0.39 is 0 Å². The fourth-order valence-electron chi connectivity index (χ4n) is 3.33. The molecule has 0 saturated carbocycles. The van der Waals surface area contributed by atoms with Crippen LogP contribution >= 0.6 is 0 Å². The fourth-order valence-corrected chi connectivity index (χ4v) is 3.33. The largest absolute Gasteiger partial charge is 0.320 e. The Labute approximate surface area is 161 Å². The summed E-state index contributed by atoms with van der Waals surface area (Å²) in [6, 6.07) is 14.4. The number of benzene rings is 2. The van der Waals surface area contributed by atoms with E-state index in [1.807, 2.05) is 45.0 Å². The van der Waals surface area contributed by atoms with E-state index in [4.69, 9.17) is 0 Å². The minimum atomic E-state index is -0.361. The molecule has 0 fully saturated rings. The number of rotatable bonds is 3. The summed E-state index contributed by atoms with van der Waals surface area (Å²) < 4.78 is 1.35. The highest BCUT2D eigenvalue weighted by atomic mass is 16.2. The van der Waals surface area contributed by atoms with Crippen molar-refractivity contribution in [1.29, 1.82) is 0 Å². The van der Waals surface area contributed by atoms with Crippen molar-refractivity contribution in [3.05, 3.63) is 76.3 Å². The summed E-state index contributed by atoms with van der Waals surface area (Å²) in [6.07, 6.45) is 1.73. The van der Waals surface area contributed by atoms with Crippen LogP contribution in [0.1, 0.15) is 35.9 Å². The first-order valence-electron chi connectivity index (χ1n) is 9.14. The zero-order chi connectivity index (χ0) is 19.8. The second kappa shape index (κ2) is 6.88. The van der Waals surface area contributed by atoms with Gasteiger partial charge in [-0.2, -0.15) is 5.10 Å². The highest BCUT2D eigenvalue weighted by molar-refractivity contribution is 6.13. The first-order valence-corrected chi connectivity index (χ1v) is 9.14. The summed E-state index contributed by atoms with van der Waals surface area (Å²) in [6.45, 7) is 5.71. The molecule has 28 heavy (non-hydrogen) atoms. The Hall–Kier alpha value is -3.54. The number of aryl methyl sites for hydroxylation is 1. The Bertz CT molecular complexity index is 1270. The third kappa shape index (κ3) is 2.93. The molecule has 1 N–H and O–H groups in total. The van der Waals surface area contributed by atoms with E-state index in [0.29, 0.717) is 16.5 Å². The second-order valence-corrected chi connectivity index (χ2v) is 7.02. The lowest BCUT2D eigenvalue weighted by Crippen LogP contribution is -2.29. The average molecular weight is 372 g/mol. The normalized spacial score (nSPS) is 11.3. The Balaban J connectivity index is 1.86. The molecule has 4 aromatic rings. The second-order valence-electron chi connectivity index (χ2n) is 7.02. The molecular formula is C22H20N4O2. The molecule has 0 saturated heterocycles. The molecular weight excluding hydrogens is 352 g/mol. The number of anilines is 1. The first kappa shape index (κ1) is 17.9. The monoisotopic (exact) mass is 372 g/mol. The molecule has 4 rings (SSSR count). The summed E-state index contributed by atoms with van der Waals surface area (Å²) in [5.41, 5.74) is 2.55. The standard InChI is InChI=1S/C22H20N4O2/c1-13(2)26-22(28)16-8-5-4-7-15(16)20(25-26)21(27)24-18-11-10-14(3)19-17(18)9-6-12-23-19/h4-13H,1-3H3,(H,24,27). The van der Waals surface area contributed by atoms with Crippen LogP contribution in [-0.2, 0) is 0 Å². The lowest BCUT2D eigenvalue weighted by molar-refractivity contribution is 0.102. The van der Waals surface area contributed by atoms with Gasteiger partial charge < -0.3 is 5.32 Å². The summed E-state index contributed by atoms with van der Waals surface area (Å²) in [7, 11) is 0. The molecule has 0 spiro atoms. The van der Waals surface area contributed by atoms with Gasteiger partial charge in [-0.3, -0.25) is 14.6 Å². The Kier molecular flexibility index (Phi) is 4.39. The number of amides is 1. The molecule has 0 aliphatic carbocycles. The molecule has 0 aliphatic heterocycles. The molecule has 6 nitrogen and oxygen atoms in total. The van der Waals surface area contributed by atoms with E-state index in [0.717, 1.165) is 16.5 Å². The van der Waals surface area contributed by atoms with Crippen LogP contribution in [0, 0.1) is 6.92 Å². The van der Waals surface area contributed by atoms with Crippen molar-refractivity contribution < 1.29 is 4.79 Å². The minimum absolute atomic E-state index is 0.159. The first-order chi connectivity index (χ1) is 13.5. The Morgan fingerprint density at radius 2 is 1.71 bits per heavy atom. The molecule has 1 amide bonds. The number of pyridine rings is 1. The van der Waals surface area contributed by atoms with Gasteiger partial charge in [0.2, 0.25) is 0 Å². The lowest BCUT2D eigenvalue weighted by atomic mass is 10.1. The van der Waals surface area contributed by atoms with Crippen molar-refractivity contribution in [1.82, 2.24) is 14.8 Å². The predicted molar refractivity (Wildman–Crippen MR) is 111 cm³/mol. The third-order valence-corrected chi connectivity index (χ3v) is 4.75. The summed E-state index contributed by atoms with van der Waals surface area (Å²) in [5, 5.41) is 9.20. The van der Waals surface area contributed by atoms with Gasteiger partial charge in [0.1, 0.15) is 0 Å². The number of fused-ring (bicyclic) bond motifs is 2. The number of carbonyl (C=O) groups excluding carboxylic acids is 1. The molecule has 2 heterocycles. The van der Waals surface area contributed by atoms with Gasteiger partial charge in [-0.15, -0.1) is 0 Å². The zero-order valence-corrected chi connectivity index (χ0v) is 15.9. The molecule has 0 bridgehead atoms. The maximum atomic E-state index is 13.1. The molecule has 0 aliphatic rings. The minimum Gasteiger partial charge on any atom is -0.320 e. The van der Waals surface area contributed by atoms with Gasteiger partial charge >= 0.3 is 0 Å². The number of nitrogens with one attached hydrogen (secondary N) is 1. The van der Waals surface area contributed by atoms with Crippen LogP contribution in [0.5, 0.6) is 0 Å². The summed E-state index contributed by atoms with van der Waals surface area (Å²) in [4.78, 5) is 30.2.